The number of thiazole rings is 1. The SMILES string of the molecule is COc1ccc(-n2nc(C)c3sc(N4CCC[C@H](C(=O)Nc5cc(C)ccc5C)C4)nc32)cc1. The van der Waals surface area contributed by atoms with Gasteiger partial charge in [-0.25, -0.2) is 4.68 Å². The molecule has 1 aliphatic rings. The average molecular weight is 476 g/mol. The van der Waals surface area contributed by atoms with Gasteiger partial charge in [-0.05, 0) is 75.1 Å². The van der Waals surface area contributed by atoms with E-state index >= 15 is 0 Å². The number of anilines is 2. The lowest BCUT2D eigenvalue weighted by Crippen LogP contribution is -2.40. The smallest absolute Gasteiger partial charge is 0.229 e. The Hall–Kier alpha value is -3.39. The molecule has 0 bridgehead atoms. The summed E-state index contributed by atoms with van der Waals surface area (Å²) < 4.78 is 8.24. The number of hydrogen-bond acceptors (Lipinski definition) is 6. The molecule has 8 heteroatoms. The van der Waals surface area contributed by atoms with Crippen molar-refractivity contribution in [1.82, 2.24) is 14.8 Å². The number of benzene rings is 2. The summed E-state index contributed by atoms with van der Waals surface area (Å²) in [6.45, 7) is 7.65. The van der Waals surface area contributed by atoms with Crippen molar-refractivity contribution in [3.05, 3.63) is 59.3 Å². The summed E-state index contributed by atoms with van der Waals surface area (Å²) in [5.41, 5.74) is 5.87. The minimum atomic E-state index is -0.0696. The molecule has 0 aliphatic carbocycles. The van der Waals surface area contributed by atoms with Crippen molar-refractivity contribution in [3.8, 4) is 11.4 Å². The zero-order valence-corrected chi connectivity index (χ0v) is 20.8. The Bertz CT molecular complexity index is 1340. The molecular weight excluding hydrogens is 446 g/mol. The fourth-order valence-electron chi connectivity index (χ4n) is 4.43. The fraction of sp³-hybridized carbons (Fsp3) is 0.346. The fourth-order valence-corrected chi connectivity index (χ4v) is 5.45. The number of amides is 1. The Balaban J connectivity index is 1.37. The van der Waals surface area contributed by atoms with E-state index in [1.54, 1.807) is 18.4 Å². The van der Waals surface area contributed by atoms with E-state index in [-0.39, 0.29) is 11.8 Å². The highest BCUT2D eigenvalue weighted by molar-refractivity contribution is 7.22. The van der Waals surface area contributed by atoms with Crippen LogP contribution >= 0.6 is 11.3 Å². The molecule has 2 aromatic carbocycles. The number of fused-ring (bicyclic) bond motifs is 1. The van der Waals surface area contributed by atoms with E-state index in [1.165, 1.54) is 0 Å². The average Bonchev–Trinajstić information content (AvgIpc) is 3.42. The number of aryl methyl sites for hydroxylation is 3. The molecule has 5 rings (SSSR count). The predicted molar refractivity (Wildman–Crippen MR) is 138 cm³/mol. The minimum Gasteiger partial charge on any atom is -0.497 e. The van der Waals surface area contributed by atoms with E-state index in [9.17, 15) is 4.79 Å². The summed E-state index contributed by atoms with van der Waals surface area (Å²) in [7, 11) is 1.66. The first-order chi connectivity index (χ1) is 16.4. The topological polar surface area (TPSA) is 72.3 Å². The van der Waals surface area contributed by atoms with Gasteiger partial charge in [-0.15, -0.1) is 0 Å². The standard InChI is InChI=1S/C26H29N5O2S/c1-16-7-8-17(2)22(14-16)27-25(32)19-6-5-13-30(15-19)26-28-24-23(34-26)18(3)29-31(24)20-9-11-21(33-4)12-10-20/h7-12,14,19H,5-6,13,15H2,1-4H3,(H,27,32)/t19-/m0/s1. The molecule has 2 aromatic heterocycles. The summed E-state index contributed by atoms with van der Waals surface area (Å²) >= 11 is 1.65. The van der Waals surface area contributed by atoms with Gasteiger partial charge in [-0.1, -0.05) is 23.5 Å². The molecule has 176 valence electrons. The molecule has 34 heavy (non-hydrogen) atoms. The molecule has 1 amide bonds. The van der Waals surface area contributed by atoms with Crippen LogP contribution in [-0.4, -0.2) is 40.9 Å². The Labute approximate surface area is 203 Å². The Kier molecular flexibility index (Phi) is 6.00. The number of piperidine rings is 1. The first-order valence-electron chi connectivity index (χ1n) is 11.6. The van der Waals surface area contributed by atoms with Crippen LogP contribution in [0.15, 0.2) is 42.5 Å². The number of ether oxygens (including phenoxy) is 1. The highest BCUT2D eigenvalue weighted by Crippen LogP contribution is 2.35. The number of aromatic nitrogens is 3. The number of methoxy groups -OCH3 is 1. The molecule has 3 heterocycles. The normalized spacial score (nSPS) is 16.1. The van der Waals surface area contributed by atoms with Crippen LogP contribution in [0.1, 0.15) is 29.7 Å². The van der Waals surface area contributed by atoms with E-state index in [0.717, 1.165) is 68.8 Å². The van der Waals surface area contributed by atoms with Gasteiger partial charge in [-0.3, -0.25) is 4.79 Å². The molecule has 0 unspecified atom stereocenters. The lowest BCUT2D eigenvalue weighted by atomic mass is 9.97. The summed E-state index contributed by atoms with van der Waals surface area (Å²) in [4.78, 5) is 20.3. The van der Waals surface area contributed by atoms with E-state index in [4.69, 9.17) is 14.8 Å². The van der Waals surface area contributed by atoms with Crippen LogP contribution < -0.4 is 15.0 Å². The van der Waals surface area contributed by atoms with Crippen molar-refractivity contribution in [2.24, 2.45) is 5.92 Å². The monoisotopic (exact) mass is 475 g/mol. The number of carbonyl (C=O) groups excluding carboxylic acids is 1. The Morgan fingerprint density at radius 1 is 1.15 bits per heavy atom. The highest BCUT2D eigenvalue weighted by Gasteiger charge is 2.28. The van der Waals surface area contributed by atoms with Crippen LogP contribution in [0.3, 0.4) is 0 Å². The summed E-state index contributed by atoms with van der Waals surface area (Å²) in [5, 5.41) is 8.81. The Morgan fingerprint density at radius 3 is 2.71 bits per heavy atom. The van der Waals surface area contributed by atoms with Crippen molar-refractivity contribution >= 4 is 38.4 Å². The van der Waals surface area contributed by atoms with Gasteiger partial charge in [0.25, 0.3) is 0 Å². The van der Waals surface area contributed by atoms with Crippen molar-refractivity contribution in [2.45, 2.75) is 33.6 Å². The molecular formula is C26H29N5O2S. The quantitative estimate of drug-likeness (QED) is 0.426. The summed E-state index contributed by atoms with van der Waals surface area (Å²) in [6.07, 6.45) is 1.85. The molecule has 1 aliphatic heterocycles. The van der Waals surface area contributed by atoms with E-state index in [0.29, 0.717) is 6.54 Å². The number of nitrogens with zero attached hydrogens (tertiary/aromatic N) is 4. The number of nitrogens with one attached hydrogen (secondary N) is 1. The third kappa shape index (κ3) is 4.25. The molecule has 0 saturated carbocycles. The lowest BCUT2D eigenvalue weighted by Gasteiger charge is -2.31. The highest BCUT2D eigenvalue weighted by atomic mass is 32.1. The van der Waals surface area contributed by atoms with Crippen molar-refractivity contribution in [3.63, 3.8) is 0 Å². The maximum atomic E-state index is 13.1. The second-order valence-corrected chi connectivity index (χ2v) is 9.91. The van der Waals surface area contributed by atoms with E-state index in [2.05, 4.69) is 16.3 Å². The Morgan fingerprint density at radius 2 is 1.94 bits per heavy atom. The molecule has 0 radical (unpaired) electrons. The van der Waals surface area contributed by atoms with Gasteiger partial charge in [0.05, 0.1) is 29.1 Å². The molecule has 1 saturated heterocycles. The second-order valence-electron chi connectivity index (χ2n) is 8.94. The van der Waals surface area contributed by atoms with Crippen LogP contribution in [0.5, 0.6) is 5.75 Å². The van der Waals surface area contributed by atoms with Gasteiger partial charge in [0.1, 0.15) is 5.75 Å². The van der Waals surface area contributed by atoms with Gasteiger partial charge in [0, 0.05) is 18.8 Å². The number of rotatable bonds is 5. The molecule has 0 spiro atoms. The molecule has 1 atom stereocenters. The molecule has 7 nitrogen and oxygen atoms in total. The van der Waals surface area contributed by atoms with Crippen LogP contribution in [0.4, 0.5) is 10.8 Å². The third-order valence-corrected chi connectivity index (χ3v) is 7.62. The van der Waals surface area contributed by atoms with Gasteiger partial charge < -0.3 is 15.0 Å². The van der Waals surface area contributed by atoms with E-state index < -0.39 is 0 Å². The van der Waals surface area contributed by atoms with Crippen LogP contribution in [0.25, 0.3) is 16.0 Å². The van der Waals surface area contributed by atoms with Gasteiger partial charge in [0.2, 0.25) is 5.91 Å². The maximum absolute atomic E-state index is 13.1. The van der Waals surface area contributed by atoms with Gasteiger partial charge >= 0.3 is 0 Å². The zero-order valence-electron chi connectivity index (χ0n) is 20.0. The van der Waals surface area contributed by atoms with Gasteiger partial charge in [0.15, 0.2) is 10.8 Å². The first kappa shape index (κ1) is 22.4. The number of hydrogen-bond donors (Lipinski definition) is 1. The van der Waals surface area contributed by atoms with Crippen LogP contribution in [0, 0.1) is 26.7 Å². The predicted octanol–water partition coefficient (Wildman–Crippen LogP) is 5.27. The molecule has 4 aromatic rings. The van der Waals surface area contributed by atoms with Crippen molar-refractivity contribution in [2.75, 3.05) is 30.4 Å². The largest absolute Gasteiger partial charge is 0.497 e. The summed E-state index contributed by atoms with van der Waals surface area (Å²) in [6, 6.07) is 14.0. The van der Waals surface area contributed by atoms with Crippen molar-refractivity contribution < 1.29 is 9.53 Å². The van der Waals surface area contributed by atoms with E-state index in [1.807, 2.05) is 61.9 Å². The van der Waals surface area contributed by atoms with Crippen LogP contribution in [-0.2, 0) is 4.79 Å². The molecule has 1 N–H and O–H groups in total. The van der Waals surface area contributed by atoms with Crippen LogP contribution in [0.2, 0.25) is 0 Å². The maximum Gasteiger partial charge on any atom is 0.229 e. The minimum absolute atomic E-state index is 0.0696. The first-order valence-corrected chi connectivity index (χ1v) is 12.4. The molecule has 1 fully saturated rings. The van der Waals surface area contributed by atoms with Crippen molar-refractivity contribution in [1.29, 1.82) is 0 Å². The van der Waals surface area contributed by atoms with Gasteiger partial charge in [-0.2, -0.15) is 10.1 Å². The lowest BCUT2D eigenvalue weighted by molar-refractivity contribution is -0.120. The summed E-state index contributed by atoms with van der Waals surface area (Å²) in [5.74, 6) is 0.821. The zero-order chi connectivity index (χ0) is 23.8. The number of carbonyl (C=O) groups is 1. The third-order valence-electron chi connectivity index (χ3n) is 6.41. The second kappa shape index (κ2) is 9.10.